The molecule has 162 valence electrons. The van der Waals surface area contributed by atoms with E-state index in [9.17, 15) is 19.1 Å². The van der Waals surface area contributed by atoms with E-state index >= 15 is 0 Å². The first kappa shape index (κ1) is 20.3. The molecule has 0 bridgehead atoms. The summed E-state index contributed by atoms with van der Waals surface area (Å²) in [6.07, 6.45) is 2.08. The monoisotopic (exact) mass is 453 g/mol. The highest BCUT2D eigenvalue weighted by atomic mass is 35.5. The fourth-order valence-corrected chi connectivity index (χ4v) is 4.35. The number of furan rings is 1. The summed E-state index contributed by atoms with van der Waals surface area (Å²) < 4.78 is 24.9. The summed E-state index contributed by atoms with van der Waals surface area (Å²) >= 11 is 5.92. The molecule has 1 saturated heterocycles. The van der Waals surface area contributed by atoms with E-state index in [1.54, 1.807) is 30.3 Å². The third-order valence-electron chi connectivity index (χ3n) is 5.61. The molecule has 2 atom stereocenters. The van der Waals surface area contributed by atoms with Gasteiger partial charge in [0, 0.05) is 17.7 Å². The molecular weight excluding hydrogens is 437 g/mol. The number of aliphatic hydroxyl groups is 1. The first-order chi connectivity index (χ1) is 15.3. The van der Waals surface area contributed by atoms with Crippen LogP contribution in [0.15, 0.2) is 64.8 Å². The fourth-order valence-electron chi connectivity index (χ4n) is 4.17. The number of ketones is 1. The number of hydrogen-bond acceptors (Lipinski definition) is 5. The van der Waals surface area contributed by atoms with Gasteiger partial charge in [-0.1, -0.05) is 11.6 Å². The van der Waals surface area contributed by atoms with Crippen molar-refractivity contribution in [3.63, 3.8) is 0 Å². The van der Waals surface area contributed by atoms with Gasteiger partial charge in [0.15, 0.2) is 0 Å². The molecule has 32 heavy (non-hydrogen) atoms. The second kappa shape index (κ2) is 7.53. The lowest BCUT2D eigenvalue weighted by Crippen LogP contribution is -2.29. The maximum absolute atomic E-state index is 13.7. The van der Waals surface area contributed by atoms with Crippen LogP contribution in [-0.4, -0.2) is 22.9 Å². The average molecular weight is 454 g/mol. The summed E-state index contributed by atoms with van der Waals surface area (Å²) in [5, 5.41) is 11.0. The molecule has 0 aliphatic carbocycles. The number of nitrogens with zero attached hydrogens (tertiary/aromatic N) is 1. The topological polar surface area (TPSA) is 80.0 Å². The lowest BCUT2D eigenvalue weighted by molar-refractivity contribution is -0.132. The van der Waals surface area contributed by atoms with Crippen LogP contribution in [0.3, 0.4) is 0 Å². The zero-order chi connectivity index (χ0) is 22.6. The second-order valence-electron chi connectivity index (χ2n) is 7.74. The Bertz CT molecular complexity index is 1280. The molecule has 1 aromatic heterocycles. The van der Waals surface area contributed by atoms with Crippen LogP contribution in [0.1, 0.15) is 29.9 Å². The summed E-state index contributed by atoms with van der Waals surface area (Å²) in [4.78, 5) is 27.2. The van der Waals surface area contributed by atoms with Gasteiger partial charge in [-0.3, -0.25) is 14.5 Å². The Hall–Kier alpha value is -3.58. The van der Waals surface area contributed by atoms with Crippen LogP contribution >= 0.6 is 11.6 Å². The first-order valence-corrected chi connectivity index (χ1v) is 10.3. The van der Waals surface area contributed by atoms with Crippen molar-refractivity contribution in [1.29, 1.82) is 0 Å². The Kier molecular flexibility index (Phi) is 4.78. The molecule has 6 nitrogen and oxygen atoms in total. The first-order valence-electron chi connectivity index (χ1n) is 9.94. The number of halogens is 2. The van der Waals surface area contributed by atoms with Crippen LogP contribution in [0.5, 0.6) is 5.75 Å². The lowest BCUT2D eigenvalue weighted by Gasteiger charge is -2.23. The van der Waals surface area contributed by atoms with Crippen molar-refractivity contribution >= 4 is 34.7 Å². The van der Waals surface area contributed by atoms with Crippen molar-refractivity contribution in [3.05, 3.63) is 88.1 Å². The Morgan fingerprint density at radius 3 is 2.72 bits per heavy atom. The van der Waals surface area contributed by atoms with Gasteiger partial charge in [0.05, 0.1) is 16.9 Å². The van der Waals surface area contributed by atoms with Gasteiger partial charge in [0.1, 0.15) is 35.2 Å². The number of carbonyl (C=O) groups excluding carboxylic acids is 2. The predicted octanol–water partition coefficient (Wildman–Crippen LogP) is 5.02. The van der Waals surface area contributed by atoms with E-state index in [2.05, 4.69) is 0 Å². The number of anilines is 1. The van der Waals surface area contributed by atoms with Gasteiger partial charge in [-0.05, 0) is 61.0 Å². The number of carbonyl (C=O) groups is 2. The van der Waals surface area contributed by atoms with Crippen molar-refractivity contribution in [2.45, 2.75) is 25.5 Å². The maximum atomic E-state index is 13.7. The van der Waals surface area contributed by atoms with Crippen molar-refractivity contribution in [3.8, 4) is 5.75 Å². The summed E-state index contributed by atoms with van der Waals surface area (Å²) in [6, 6.07) is 11.0. The third kappa shape index (κ3) is 3.17. The van der Waals surface area contributed by atoms with Gasteiger partial charge in [-0.25, -0.2) is 4.39 Å². The number of hydrogen-bond donors (Lipinski definition) is 1. The van der Waals surface area contributed by atoms with Gasteiger partial charge >= 0.3 is 0 Å². The molecule has 3 aromatic rings. The zero-order valence-corrected chi connectivity index (χ0v) is 17.6. The third-order valence-corrected chi connectivity index (χ3v) is 5.90. The van der Waals surface area contributed by atoms with E-state index in [4.69, 9.17) is 20.8 Å². The van der Waals surface area contributed by atoms with Gasteiger partial charge < -0.3 is 14.3 Å². The van der Waals surface area contributed by atoms with Crippen molar-refractivity contribution in [1.82, 2.24) is 0 Å². The van der Waals surface area contributed by atoms with Crippen LogP contribution in [0.25, 0.3) is 5.76 Å². The highest BCUT2D eigenvalue weighted by Crippen LogP contribution is 2.43. The van der Waals surface area contributed by atoms with Crippen LogP contribution in [0.4, 0.5) is 10.1 Å². The summed E-state index contributed by atoms with van der Waals surface area (Å²) in [7, 11) is 0. The molecule has 1 N–H and O–H groups in total. The zero-order valence-electron chi connectivity index (χ0n) is 16.8. The average Bonchev–Trinajstić information content (AvgIpc) is 3.47. The molecule has 2 aliphatic heterocycles. The van der Waals surface area contributed by atoms with E-state index in [-0.39, 0.29) is 33.9 Å². The molecule has 5 rings (SSSR count). The molecule has 2 aliphatic rings. The second-order valence-corrected chi connectivity index (χ2v) is 8.15. The molecule has 2 unspecified atom stereocenters. The predicted molar refractivity (Wildman–Crippen MR) is 115 cm³/mol. The minimum atomic E-state index is -1.05. The molecule has 0 saturated carbocycles. The minimum Gasteiger partial charge on any atom is -0.507 e. The number of aliphatic hydroxyl groups excluding tert-OH is 1. The number of benzene rings is 2. The van der Waals surface area contributed by atoms with E-state index in [1.807, 2.05) is 6.92 Å². The fraction of sp³-hybridized carbons (Fsp3) is 0.167. The Morgan fingerprint density at radius 2 is 2.00 bits per heavy atom. The lowest BCUT2D eigenvalue weighted by atomic mass is 9.97. The molecule has 0 spiro atoms. The molecule has 2 aromatic carbocycles. The number of Topliss-reactive ketones (excluding diaryl/α,β-unsaturated/α-hetero) is 1. The van der Waals surface area contributed by atoms with Crippen molar-refractivity contribution in [2.75, 3.05) is 4.90 Å². The number of amides is 1. The Morgan fingerprint density at radius 1 is 1.19 bits per heavy atom. The summed E-state index contributed by atoms with van der Waals surface area (Å²) in [6.45, 7) is 1.94. The number of fused-ring (bicyclic) bond motifs is 1. The maximum Gasteiger partial charge on any atom is 0.300 e. The van der Waals surface area contributed by atoms with Crippen LogP contribution < -0.4 is 9.64 Å². The molecule has 3 heterocycles. The van der Waals surface area contributed by atoms with Crippen molar-refractivity contribution in [2.24, 2.45) is 0 Å². The Labute approximate surface area is 187 Å². The molecule has 1 fully saturated rings. The molecule has 1 amide bonds. The minimum absolute atomic E-state index is 0.0133. The highest BCUT2D eigenvalue weighted by molar-refractivity contribution is 6.51. The van der Waals surface area contributed by atoms with Gasteiger partial charge in [0.2, 0.25) is 0 Å². The van der Waals surface area contributed by atoms with Crippen LogP contribution in [0, 0.1) is 5.82 Å². The summed E-state index contributed by atoms with van der Waals surface area (Å²) in [5.74, 6) is -1.76. The van der Waals surface area contributed by atoms with Gasteiger partial charge in [-0.15, -0.1) is 0 Å². The molecule has 8 heteroatoms. The largest absolute Gasteiger partial charge is 0.507 e. The van der Waals surface area contributed by atoms with Gasteiger partial charge in [-0.2, -0.15) is 0 Å². The Balaban J connectivity index is 1.67. The van der Waals surface area contributed by atoms with E-state index < -0.39 is 23.5 Å². The van der Waals surface area contributed by atoms with E-state index in [0.717, 1.165) is 22.3 Å². The normalized spacial score (nSPS) is 21.7. The van der Waals surface area contributed by atoms with E-state index in [1.165, 1.54) is 18.4 Å². The SMILES string of the molecule is CC1Cc2cc(/C(O)=C3/C(=O)C(=O)N(c4ccc(F)c(Cl)c4)C3c3ccco3)ccc2O1. The van der Waals surface area contributed by atoms with Gasteiger partial charge in [0.25, 0.3) is 11.7 Å². The smallest absolute Gasteiger partial charge is 0.300 e. The number of rotatable bonds is 3. The highest BCUT2D eigenvalue weighted by Gasteiger charge is 2.48. The summed E-state index contributed by atoms with van der Waals surface area (Å²) in [5.41, 5.74) is 1.36. The molecular formula is C24H17ClFNO5. The standard InChI is InChI=1S/C24H17ClFNO5/c1-12-9-14-10-13(4-7-18(14)32-12)22(28)20-21(19-3-2-8-31-19)27(24(30)23(20)29)15-5-6-17(26)16(25)11-15/h2-8,10-12,21,28H,9H2,1H3/b22-20-. The van der Waals surface area contributed by atoms with E-state index in [0.29, 0.717) is 12.0 Å². The molecule has 0 radical (unpaired) electrons. The van der Waals surface area contributed by atoms with Crippen LogP contribution in [-0.2, 0) is 16.0 Å². The quantitative estimate of drug-likeness (QED) is 0.342. The van der Waals surface area contributed by atoms with Crippen molar-refractivity contribution < 1.29 is 28.2 Å². The number of ether oxygens (including phenoxy) is 1. The van der Waals surface area contributed by atoms with Crippen LogP contribution in [0.2, 0.25) is 5.02 Å².